The average Bonchev–Trinajstić information content (AvgIpc) is 2.94. The van der Waals surface area contributed by atoms with Gasteiger partial charge in [0, 0.05) is 12.2 Å². The molecule has 0 aliphatic carbocycles. The summed E-state index contributed by atoms with van der Waals surface area (Å²) in [6.07, 6.45) is 30.4. The maximum atomic E-state index is 12.6. The van der Waals surface area contributed by atoms with Gasteiger partial charge in [0.1, 0.15) is 0 Å². The van der Waals surface area contributed by atoms with Crippen molar-refractivity contribution < 1.29 is 18.8 Å². The van der Waals surface area contributed by atoms with Gasteiger partial charge in [0.2, 0.25) is 0 Å². The monoisotopic (exact) mass is 566 g/mol. The summed E-state index contributed by atoms with van der Waals surface area (Å²) in [5.41, 5.74) is 0. The van der Waals surface area contributed by atoms with E-state index < -0.39 is 14.3 Å². The molecule has 0 rings (SSSR count). The molecule has 0 bridgehead atoms. The first-order chi connectivity index (χ1) is 19.0. The Morgan fingerprint density at radius 3 is 1.18 bits per heavy atom. The van der Waals surface area contributed by atoms with E-state index >= 15 is 0 Å². The standard InChI is InChI=1S/C34H66O4Si/c1-5-9-13-14-15-16-17-18-19-20-21-22-23-24-25-26-29-37-33(35)27-28-34(36)38-39(30-10-6-2,31-11-7-3)32-12-8-4/h27-28H,5-26,29-32H2,1-4H3/b28-27+. The molecule has 0 fully saturated rings. The van der Waals surface area contributed by atoms with E-state index in [4.69, 9.17) is 9.16 Å². The fourth-order valence-corrected chi connectivity index (χ4v) is 9.82. The predicted octanol–water partition coefficient (Wildman–Crippen LogP) is 11.2. The van der Waals surface area contributed by atoms with Crippen molar-refractivity contribution in [3.8, 4) is 0 Å². The molecule has 0 saturated carbocycles. The van der Waals surface area contributed by atoms with E-state index in [1.54, 1.807) is 0 Å². The third-order valence-electron chi connectivity index (χ3n) is 7.87. The summed E-state index contributed by atoms with van der Waals surface area (Å²) >= 11 is 0. The molecule has 39 heavy (non-hydrogen) atoms. The van der Waals surface area contributed by atoms with E-state index in [-0.39, 0.29) is 5.97 Å². The van der Waals surface area contributed by atoms with Crippen LogP contribution in [0.4, 0.5) is 0 Å². The lowest BCUT2D eigenvalue weighted by molar-refractivity contribution is -0.138. The van der Waals surface area contributed by atoms with E-state index in [1.165, 1.54) is 102 Å². The summed E-state index contributed by atoms with van der Waals surface area (Å²) in [5.74, 6) is -0.791. The van der Waals surface area contributed by atoms with E-state index in [0.29, 0.717) is 6.61 Å². The molecule has 0 aromatic heterocycles. The van der Waals surface area contributed by atoms with Crippen molar-refractivity contribution in [2.24, 2.45) is 0 Å². The van der Waals surface area contributed by atoms with Gasteiger partial charge in [0.05, 0.1) is 6.61 Å². The number of esters is 1. The second kappa shape index (κ2) is 28.4. The van der Waals surface area contributed by atoms with Crippen LogP contribution in [0.2, 0.25) is 18.1 Å². The van der Waals surface area contributed by atoms with E-state index in [0.717, 1.165) is 69.5 Å². The SMILES string of the molecule is CCCCCCCCCCCCCCCCCCOC(=O)/C=C/C(=O)O[Si](CCCC)(CCCC)CCCC. The Kier molecular flexibility index (Phi) is 27.6. The van der Waals surface area contributed by atoms with Gasteiger partial charge in [0.15, 0.2) is 0 Å². The zero-order chi connectivity index (χ0) is 28.9. The van der Waals surface area contributed by atoms with Gasteiger partial charge in [-0.15, -0.1) is 0 Å². The molecule has 0 saturated heterocycles. The van der Waals surface area contributed by atoms with Gasteiger partial charge in [-0.2, -0.15) is 0 Å². The van der Waals surface area contributed by atoms with Gasteiger partial charge in [-0.1, -0.05) is 163 Å². The summed E-state index contributed by atoms with van der Waals surface area (Å²) in [6.45, 7) is 9.28. The Hall–Kier alpha value is -1.10. The molecule has 0 aromatic rings. The number of hydrogen-bond acceptors (Lipinski definition) is 4. The molecule has 5 heteroatoms. The van der Waals surface area contributed by atoms with Crippen molar-refractivity contribution in [3.63, 3.8) is 0 Å². The fraction of sp³-hybridized carbons (Fsp3) is 0.882. The van der Waals surface area contributed by atoms with Gasteiger partial charge in [-0.3, -0.25) is 0 Å². The summed E-state index contributed by atoms with van der Waals surface area (Å²) < 4.78 is 11.5. The molecule has 0 atom stereocenters. The zero-order valence-electron chi connectivity index (χ0n) is 26.7. The minimum absolute atomic E-state index is 0.357. The van der Waals surface area contributed by atoms with Gasteiger partial charge in [-0.05, 0) is 24.6 Å². The fourth-order valence-electron chi connectivity index (χ4n) is 5.28. The Balaban J connectivity index is 3.92. The molecular weight excluding hydrogens is 500 g/mol. The topological polar surface area (TPSA) is 52.6 Å². The summed E-state index contributed by atoms with van der Waals surface area (Å²) in [5, 5.41) is 0. The molecule has 230 valence electrons. The van der Waals surface area contributed by atoms with Crippen LogP contribution in [0.1, 0.15) is 169 Å². The molecule has 4 nitrogen and oxygen atoms in total. The Morgan fingerprint density at radius 2 is 0.795 bits per heavy atom. The maximum absolute atomic E-state index is 12.6. The third-order valence-corrected chi connectivity index (χ3v) is 12.3. The second-order valence-corrected chi connectivity index (χ2v) is 15.8. The first-order valence-electron chi connectivity index (χ1n) is 17.1. The van der Waals surface area contributed by atoms with Crippen LogP contribution in [0.15, 0.2) is 12.2 Å². The number of carbonyl (C=O) groups is 2. The molecule has 0 radical (unpaired) electrons. The molecule has 0 aliphatic heterocycles. The van der Waals surface area contributed by atoms with Crippen LogP contribution < -0.4 is 0 Å². The Morgan fingerprint density at radius 1 is 0.462 bits per heavy atom. The number of carbonyl (C=O) groups excluding carboxylic acids is 2. The van der Waals surface area contributed by atoms with Crippen molar-refractivity contribution in [1.29, 1.82) is 0 Å². The molecule has 0 spiro atoms. The highest BCUT2D eigenvalue weighted by molar-refractivity contribution is 6.75. The number of hydrogen-bond donors (Lipinski definition) is 0. The van der Waals surface area contributed by atoms with Crippen molar-refractivity contribution >= 4 is 20.3 Å². The Labute approximate surface area is 244 Å². The molecule has 0 amide bonds. The normalized spacial score (nSPS) is 11.8. The van der Waals surface area contributed by atoms with E-state index in [9.17, 15) is 9.59 Å². The summed E-state index contributed by atoms with van der Waals surface area (Å²) in [6, 6.07) is 3.10. The van der Waals surface area contributed by atoms with Crippen LogP contribution in [-0.2, 0) is 18.8 Å². The van der Waals surface area contributed by atoms with Crippen LogP contribution in [0.3, 0.4) is 0 Å². The lowest BCUT2D eigenvalue weighted by atomic mass is 10.0. The highest BCUT2D eigenvalue weighted by Crippen LogP contribution is 2.30. The van der Waals surface area contributed by atoms with Crippen LogP contribution in [0.5, 0.6) is 0 Å². The highest BCUT2D eigenvalue weighted by Gasteiger charge is 2.36. The Bertz CT molecular complexity index is 568. The third kappa shape index (κ3) is 24.4. The van der Waals surface area contributed by atoms with Crippen LogP contribution >= 0.6 is 0 Å². The maximum Gasteiger partial charge on any atom is 0.331 e. The second-order valence-electron chi connectivity index (χ2n) is 11.7. The molecule has 0 N–H and O–H groups in total. The lowest BCUT2D eigenvalue weighted by Gasteiger charge is -2.31. The zero-order valence-corrected chi connectivity index (χ0v) is 27.7. The van der Waals surface area contributed by atoms with Crippen LogP contribution in [0.25, 0.3) is 0 Å². The number of rotatable bonds is 29. The van der Waals surface area contributed by atoms with Gasteiger partial charge in [0.25, 0.3) is 8.32 Å². The van der Waals surface area contributed by atoms with Gasteiger partial charge < -0.3 is 9.16 Å². The molecule has 0 heterocycles. The number of unbranched alkanes of at least 4 members (excludes halogenated alkanes) is 18. The minimum atomic E-state index is -2.11. The predicted molar refractivity (Wildman–Crippen MR) is 171 cm³/mol. The molecule has 0 aliphatic rings. The minimum Gasteiger partial charge on any atom is -0.516 e. The van der Waals surface area contributed by atoms with Crippen molar-refractivity contribution in [2.75, 3.05) is 6.61 Å². The van der Waals surface area contributed by atoms with Gasteiger partial charge >= 0.3 is 11.9 Å². The molecule has 0 unspecified atom stereocenters. The van der Waals surface area contributed by atoms with Crippen molar-refractivity contribution in [2.45, 2.75) is 187 Å². The molecular formula is C34H66O4Si. The largest absolute Gasteiger partial charge is 0.516 e. The van der Waals surface area contributed by atoms with E-state index in [1.807, 2.05) is 0 Å². The first-order valence-corrected chi connectivity index (χ1v) is 19.6. The van der Waals surface area contributed by atoms with Crippen LogP contribution in [0, 0.1) is 0 Å². The highest BCUT2D eigenvalue weighted by atomic mass is 28.4. The first kappa shape index (κ1) is 37.9. The quantitative estimate of drug-likeness (QED) is 0.0391. The average molecular weight is 567 g/mol. The van der Waals surface area contributed by atoms with E-state index in [2.05, 4.69) is 27.7 Å². The smallest absolute Gasteiger partial charge is 0.331 e. The van der Waals surface area contributed by atoms with Gasteiger partial charge in [-0.25, -0.2) is 9.59 Å². The van der Waals surface area contributed by atoms with Crippen molar-refractivity contribution in [1.82, 2.24) is 0 Å². The van der Waals surface area contributed by atoms with Crippen molar-refractivity contribution in [3.05, 3.63) is 12.2 Å². The summed E-state index contributed by atoms with van der Waals surface area (Å²) in [7, 11) is -2.11. The van der Waals surface area contributed by atoms with Crippen LogP contribution in [-0.4, -0.2) is 26.9 Å². The number of ether oxygens (including phenoxy) is 1. The lowest BCUT2D eigenvalue weighted by Crippen LogP contribution is -2.40. The summed E-state index contributed by atoms with van der Waals surface area (Å²) in [4.78, 5) is 24.7. The molecule has 0 aromatic carbocycles.